The van der Waals surface area contributed by atoms with Gasteiger partial charge in [0.15, 0.2) is 0 Å². The molecule has 5 nitrogen and oxygen atoms in total. The summed E-state index contributed by atoms with van der Waals surface area (Å²) >= 11 is 6.36. The first-order chi connectivity index (χ1) is 13.9. The van der Waals surface area contributed by atoms with Crippen molar-refractivity contribution in [2.24, 2.45) is 0 Å². The van der Waals surface area contributed by atoms with Crippen LogP contribution in [0.5, 0.6) is 5.75 Å². The SMILES string of the molecule is CCC(C(=O)O)N1C(=O)/C(=C\c2cccc(OCc3ccc(C)cc3)c2)SC1=S. The van der Waals surface area contributed by atoms with E-state index in [0.717, 1.165) is 22.9 Å². The molecular weight excluding hydrogens is 406 g/mol. The maximum atomic E-state index is 12.7. The van der Waals surface area contributed by atoms with E-state index in [1.54, 1.807) is 13.0 Å². The molecule has 7 heteroatoms. The molecule has 1 N–H and O–H groups in total. The largest absolute Gasteiger partial charge is 0.489 e. The van der Waals surface area contributed by atoms with Gasteiger partial charge in [0.2, 0.25) is 0 Å². The zero-order valence-corrected chi connectivity index (χ0v) is 17.8. The molecule has 1 atom stereocenters. The number of thiocarbonyl (C=S) groups is 1. The number of carboxylic acid groups (broad SMARTS) is 1. The van der Waals surface area contributed by atoms with Crippen LogP contribution < -0.4 is 4.74 Å². The van der Waals surface area contributed by atoms with Crippen LogP contribution in [0, 0.1) is 6.92 Å². The van der Waals surface area contributed by atoms with Crippen LogP contribution >= 0.6 is 24.0 Å². The lowest BCUT2D eigenvalue weighted by molar-refractivity contribution is -0.145. The Morgan fingerprint density at radius 1 is 1.28 bits per heavy atom. The van der Waals surface area contributed by atoms with Gasteiger partial charge in [-0.2, -0.15) is 0 Å². The molecule has 0 bridgehead atoms. The smallest absolute Gasteiger partial charge is 0.326 e. The van der Waals surface area contributed by atoms with E-state index in [2.05, 4.69) is 0 Å². The number of benzene rings is 2. The van der Waals surface area contributed by atoms with E-state index < -0.39 is 12.0 Å². The molecule has 2 aromatic carbocycles. The van der Waals surface area contributed by atoms with Gasteiger partial charge in [0.05, 0.1) is 4.91 Å². The van der Waals surface area contributed by atoms with Gasteiger partial charge in [0.1, 0.15) is 22.7 Å². The number of aliphatic carboxylic acids is 1. The van der Waals surface area contributed by atoms with Crippen molar-refractivity contribution in [2.45, 2.75) is 32.9 Å². The van der Waals surface area contributed by atoms with Crippen molar-refractivity contribution in [3.05, 3.63) is 70.1 Å². The molecule has 1 fully saturated rings. The Balaban J connectivity index is 1.74. The van der Waals surface area contributed by atoms with Crippen LogP contribution in [0.1, 0.15) is 30.0 Å². The van der Waals surface area contributed by atoms with Crippen molar-refractivity contribution in [1.29, 1.82) is 0 Å². The van der Waals surface area contributed by atoms with E-state index in [1.807, 2.05) is 55.5 Å². The Hall–Kier alpha value is -2.64. The number of amides is 1. The van der Waals surface area contributed by atoms with E-state index >= 15 is 0 Å². The van der Waals surface area contributed by atoms with E-state index in [9.17, 15) is 14.7 Å². The fourth-order valence-corrected chi connectivity index (χ4v) is 4.27. The lowest BCUT2D eigenvalue weighted by Crippen LogP contribution is -2.43. The predicted octanol–water partition coefficient (Wildman–Crippen LogP) is 4.64. The minimum atomic E-state index is -1.06. The van der Waals surface area contributed by atoms with Gasteiger partial charge in [0, 0.05) is 0 Å². The molecule has 0 saturated carbocycles. The first-order valence-corrected chi connectivity index (χ1v) is 10.4. The van der Waals surface area contributed by atoms with Crippen molar-refractivity contribution in [3.8, 4) is 5.75 Å². The average Bonchev–Trinajstić information content (AvgIpc) is 2.96. The Morgan fingerprint density at radius 2 is 2.00 bits per heavy atom. The van der Waals surface area contributed by atoms with Gasteiger partial charge >= 0.3 is 5.97 Å². The summed E-state index contributed by atoms with van der Waals surface area (Å²) in [4.78, 5) is 25.7. The standard InChI is InChI=1S/C22H21NO4S2/c1-3-18(21(25)26)23-20(24)19(29-22(23)28)12-16-5-4-6-17(11-16)27-13-15-9-7-14(2)8-10-15/h4-12,18H,3,13H2,1-2H3,(H,25,26)/b19-12+. The number of carboxylic acids is 1. The Morgan fingerprint density at radius 3 is 2.66 bits per heavy atom. The van der Waals surface area contributed by atoms with E-state index in [-0.39, 0.29) is 16.6 Å². The summed E-state index contributed by atoms with van der Waals surface area (Å²) < 4.78 is 6.12. The lowest BCUT2D eigenvalue weighted by Gasteiger charge is -2.21. The molecule has 29 heavy (non-hydrogen) atoms. The van der Waals surface area contributed by atoms with Gasteiger partial charge in [-0.3, -0.25) is 9.69 Å². The highest BCUT2D eigenvalue weighted by Gasteiger charge is 2.39. The predicted molar refractivity (Wildman–Crippen MR) is 119 cm³/mol. The average molecular weight is 428 g/mol. The number of carbonyl (C=O) groups is 2. The van der Waals surface area contributed by atoms with Crippen molar-refractivity contribution >= 4 is 46.3 Å². The van der Waals surface area contributed by atoms with Crippen LogP contribution in [-0.2, 0) is 16.2 Å². The third kappa shape index (κ3) is 5.05. The number of hydrogen-bond acceptors (Lipinski definition) is 5. The van der Waals surface area contributed by atoms with Crippen LogP contribution in [0.4, 0.5) is 0 Å². The zero-order chi connectivity index (χ0) is 21.0. The van der Waals surface area contributed by atoms with Crippen molar-refractivity contribution in [3.63, 3.8) is 0 Å². The lowest BCUT2D eigenvalue weighted by atomic mass is 10.1. The second-order valence-corrected chi connectivity index (χ2v) is 8.34. The number of rotatable bonds is 7. The van der Waals surface area contributed by atoms with Crippen LogP contribution in [-0.4, -0.2) is 32.2 Å². The molecule has 1 aliphatic rings. The van der Waals surface area contributed by atoms with E-state index in [0.29, 0.717) is 17.3 Å². The molecule has 1 aliphatic heterocycles. The molecule has 150 valence electrons. The monoisotopic (exact) mass is 427 g/mol. The molecule has 0 aliphatic carbocycles. The third-order valence-electron chi connectivity index (χ3n) is 4.49. The number of hydrogen-bond donors (Lipinski definition) is 1. The van der Waals surface area contributed by atoms with Gasteiger partial charge in [-0.05, 0) is 42.7 Å². The zero-order valence-electron chi connectivity index (χ0n) is 16.1. The number of ether oxygens (including phenoxy) is 1. The van der Waals surface area contributed by atoms with Crippen molar-refractivity contribution < 1.29 is 19.4 Å². The van der Waals surface area contributed by atoms with Gasteiger partial charge in [-0.25, -0.2) is 4.79 Å². The van der Waals surface area contributed by atoms with Gasteiger partial charge < -0.3 is 9.84 Å². The molecule has 3 rings (SSSR count). The summed E-state index contributed by atoms with van der Waals surface area (Å²) in [5.41, 5.74) is 3.05. The summed E-state index contributed by atoms with van der Waals surface area (Å²) in [5.74, 6) is -0.747. The maximum Gasteiger partial charge on any atom is 0.326 e. The van der Waals surface area contributed by atoms with E-state index in [4.69, 9.17) is 17.0 Å². The molecule has 0 spiro atoms. The number of aryl methyl sites for hydroxylation is 1. The van der Waals surface area contributed by atoms with Gasteiger partial charge in [0.25, 0.3) is 5.91 Å². The fraction of sp³-hybridized carbons (Fsp3) is 0.227. The molecule has 0 radical (unpaired) electrons. The number of carbonyl (C=O) groups excluding carboxylic acids is 1. The second kappa shape index (κ2) is 9.24. The van der Waals surface area contributed by atoms with Gasteiger partial charge in [-0.1, -0.05) is 72.9 Å². The third-order valence-corrected chi connectivity index (χ3v) is 5.82. The Bertz CT molecular complexity index is 969. The molecule has 2 aromatic rings. The Labute approximate surface area is 179 Å². The number of nitrogens with zero attached hydrogens (tertiary/aromatic N) is 1. The van der Waals surface area contributed by atoms with E-state index in [1.165, 1.54) is 10.5 Å². The summed E-state index contributed by atoms with van der Waals surface area (Å²) in [5, 5.41) is 9.35. The second-order valence-electron chi connectivity index (χ2n) is 6.66. The number of thioether (sulfide) groups is 1. The molecule has 1 heterocycles. The molecule has 1 saturated heterocycles. The van der Waals surface area contributed by atoms with Crippen LogP contribution in [0.25, 0.3) is 6.08 Å². The maximum absolute atomic E-state index is 12.7. The molecule has 0 aromatic heterocycles. The summed E-state index contributed by atoms with van der Waals surface area (Å²) in [6.07, 6.45) is 2.00. The van der Waals surface area contributed by atoms with Gasteiger partial charge in [-0.15, -0.1) is 0 Å². The summed E-state index contributed by atoms with van der Waals surface area (Å²) in [6, 6.07) is 14.6. The first-order valence-electron chi connectivity index (χ1n) is 9.17. The highest BCUT2D eigenvalue weighted by Crippen LogP contribution is 2.35. The van der Waals surface area contributed by atoms with Crippen LogP contribution in [0.15, 0.2) is 53.4 Å². The van der Waals surface area contributed by atoms with Crippen molar-refractivity contribution in [2.75, 3.05) is 0 Å². The van der Waals surface area contributed by atoms with Crippen LogP contribution in [0.2, 0.25) is 0 Å². The van der Waals surface area contributed by atoms with Crippen LogP contribution in [0.3, 0.4) is 0 Å². The molecule has 1 unspecified atom stereocenters. The molecule has 1 amide bonds. The minimum Gasteiger partial charge on any atom is -0.489 e. The first kappa shape index (κ1) is 21.1. The fourth-order valence-electron chi connectivity index (χ4n) is 2.91. The van der Waals surface area contributed by atoms with Crippen molar-refractivity contribution in [1.82, 2.24) is 4.90 Å². The minimum absolute atomic E-state index is 0.266. The Kier molecular flexibility index (Phi) is 6.71. The summed E-state index contributed by atoms with van der Waals surface area (Å²) in [7, 11) is 0. The highest BCUT2D eigenvalue weighted by atomic mass is 32.2. The normalized spacial score (nSPS) is 16.3. The topological polar surface area (TPSA) is 66.8 Å². The summed E-state index contributed by atoms with van der Waals surface area (Å²) in [6.45, 7) is 4.20. The molecular formula is C22H21NO4S2. The quantitative estimate of drug-likeness (QED) is 0.513. The highest BCUT2D eigenvalue weighted by molar-refractivity contribution is 8.26.